The van der Waals surface area contributed by atoms with Crippen LogP contribution in [0.25, 0.3) is 11.0 Å². The minimum Gasteiger partial charge on any atom is -0.507 e. The van der Waals surface area contributed by atoms with Crippen LogP contribution in [-0.4, -0.2) is 22.1 Å². The number of aryl methyl sites for hydroxylation is 1. The van der Waals surface area contributed by atoms with Gasteiger partial charge < -0.3 is 19.9 Å². The number of aromatic hydroxyl groups is 1. The number of carbonyl (C=O) groups excluding carboxylic acids is 1. The van der Waals surface area contributed by atoms with E-state index in [2.05, 4.69) is 5.32 Å². The summed E-state index contributed by atoms with van der Waals surface area (Å²) in [7, 11) is 0. The van der Waals surface area contributed by atoms with Crippen LogP contribution in [0.3, 0.4) is 0 Å². The number of hydrogen-bond acceptors (Lipinski definition) is 4. The van der Waals surface area contributed by atoms with Crippen LogP contribution in [0.4, 0.5) is 5.69 Å². The van der Waals surface area contributed by atoms with Gasteiger partial charge in [0.2, 0.25) is 0 Å². The van der Waals surface area contributed by atoms with Crippen molar-refractivity contribution in [3.05, 3.63) is 58.3 Å². The third kappa shape index (κ3) is 2.68. The predicted molar refractivity (Wildman–Crippen MR) is 89.0 cm³/mol. The standard InChI is InChI=1S/C17H12ClNO5/c1-8-10-3-2-4-12(18)15(10)24-14(8)16(21)19-9-5-6-11(17(22)23)13(20)7-9/h2-7,20H,1H3,(H,19,21)(H,22,23). The molecule has 3 aromatic rings. The number of nitrogens with one attached hydrogen (secondary N) is 1. The van der Waals surface area contributed by atoms with Gasteiger partial charge in [-0.15, -0.1) is 0 Å². The summed E-state index contributed by atoms with van der Waals surface area (Å²) in [5, 5.41) is 22.3. The minimum atomic E-state index is -1.26. The highest BCUT2D eigenvalue weighted by molar-refractivity contribution is 6.35. The van der Waals surface area contributed by atoms with E-state index in [1.54, 1.807) is 25.1 Å². The zero-order chi connectivity index (χ0) is 17.4. The van der Waals surface area contributed by atoms with Crippen molar-refractivity contribution in [3.8, 4) is 5.75 Å². The second-order valence-electron chi connectivity index (χ2n) is 5.16. The van der Waals surface area contributed by atoms with Gasteiger partial charge in [-0.3, -0.25) is 4.79 Å². The summed E-state index contributed by atoms with van der Waals surface area (Å²) in [6.07, 6.45) is 0. The molecule has 1 aromatic heterocycles. The second kappa shape index (κ2) is 5.90. The Morgan fingerprint density at radius 1 is 1.21 bits per heavy atom. The third-order valence-electron chi connectivity index (χ3n) is 3.61. The Kier molecular flexibility index (Phi) is 3.91. The number of carboxylic acids is 1. The van der Waals surface area contributed by atoms with E-state index in [-0.39, 0.29) is 17.0 Å². The van der Waals surface area contributed by atoms with Gasteiger partial charge in [-0.25, -0.2) is 4.79 Å². The molecule has 0 radical (unpaired) electrons. The molecule has 7 heteroatoms. The molecule has 0 spiro atoms. The van der Waals surface area contributed by atoms with Crippen molar-refractivity contribution in [2.75, 3.05) is 5.32 Å². The van der Waals surface area contributed by atoms with Crippen LogP contribution in [0.1, 0.15) is 26.5 Å². The first-order chi connectivity index (χ1) is 11.4. The number of para-hydroxylation sites is 1. The Balaban J connectivity index is 1.93. The molecule has 0 atom stereocenters. The molecule has 2 aromatic carbocycles. The molecule has 0 saturated carbocycles. The van der Waals surface area contributed by atoms with E-state index in [1.807, 2.05) is 0 Å². The molecule has 0 unspecified atom stereocenters. The average molecular weight is 346 g/mol. The maximum Gasteiger partial charge on any atom is 0.339 e. The highest BCUT2D eigenvalue weighted by Crippen LogP contribution is 2.31. The van der Waals surface area contributed by atoms with E-state index < -0.39 is 17.6 Å². The van der Waals surface area contributed by atoms with E-state index in [1.165, 1.54) is 12.1 Å². The van der Waals surface area contributed by atoms with Crippen molar-refractivity contribution < 1.29 is 24.2 Å². The van der Waals surface area contributed by atoms with E-state index in [9.17, 15) is 14.7 Å². The van der Waals surface area contributed by atoms with Crippen molar-refractivity contribution in [2.45, 2.75) is 6.92 Å². The number of amides is 1. The Labute approximate surface area is 141 Å². The van der Waals surface area contributed by atoms with E-state index in [4.69, 9.17) is 21.1 Å². The van der Waals surface area contributed by atoms with Gasteiger partial charge in [0, 0.05) is 22.7 Å². The number of halogens is 1. The molecule has 0 aliphatic carbocycles. The molecule has 6 nitrogen and oxygen atoms in total. The number of rotatable bonds is 3. The molecule has 3 N–H and O–H groups in total. The fourth-order valence-electron chi connectivity index (χ4n) is 2.40. The Morgan fingerprint density at radius 3 is 2.58 bits per heavy atom. The zero-order valence-electron chi connectivity index (χ0n) is 12.5. The van der Waals surface area contributed by atoms with Crippen LogP contribution in [0.2, 0.25) is 5.02 Å². The predicted octanol–water partition coefficient (Wildman–Crippen LogP) is 4.05. The number of benzene rings is 2. The summed E-state index contributed by atoms with van der Waals surface area (Å²) in [4.78, 5) is 23.3. The average Bonchev–Trinajstić information content (AvgIpc) is 2.86. The smallest absolute Gasteiger partial charge is 0.339 e. The molecule has 1 heterocycles. The summed E-state index contributed by atoms with van der Waals surface area (Å²) in [6.45, 7) is 1.74. The van der Waals surface area contributed by atoms with Crippen molar-refractivity contribution >= 4 is 40.1 Å². The molecule has 122 valence electrons. The molecule has 0 aliphatic heterocycles. The number of carbonyl (C=O) groups is 2. The largest absolute Gasteiger partial charge is 0.507 e. The molecule has 0 bridgehead atoms. The van der Waals surface area contributed by atoms with Gasteiger partial charge in [0.15, 0.2) is 11.3 Å². The molecule has 3 rings (SSSR count). The Hall–Kier alpha value is -2.99. The first-order valence-corrected chi connectivity index (χ1v) is 7.31. The Bertz CT molecular complexity index is 977. The lowest BCUT2D eigenvalue weighted by atomic mass is 10.1. The number of fused-ring (bicyclic) bond motifs is 1. The fraction of sp³-hybridized carbons (Fsp3) is 0.0588. The molecule has 0 aliphatic rings. The van der Waals surface area contributed by atoms with Crippen LogP contribution in [-0.2, 0) is 0 Å². The minimum absolute atomic E-state index is 0.0971. The summed E-state index contributed by atoms with van der Waals surface area (Å²) >= 11 is 6.06. The van der Waals surface area contributed by atoms with Crippen LogP contribution in [0.15, 0.2) is 40.8 Å². The van der Waals surface area contributed by atoms with Gasteiger partial charge in [-0.1, -0.05) is 23.7 Å². The van der Waals surface area contributed by atoms with Gasteiger partial charge in [0.05, 0.1) is 5.02 Å². The summed E-state index contributed by atoms with van der Waals surface area (Å²) in [5.74, 6) is -2.13. The summed E-state index contributed by atoms with van der Waals surface area (Å²) in [6, 6.07) is 8.97. The van der Waals surface area contributed by atoms with Crippen LogP contribution in [0.5, 0.6) is 5.75 Å². The Morgan fingerprint density at radius 2 is 1.96 bits per heavy atom. The SMILES string of the molecule is Cc1c(C(=O)Nc2ccc(C(=O)O)c(O)c2)oc2c(Cl)cccc12. The fourth-order valence-corrected chi connectivity index (χ4v) is 2.62. The molecular weight excluding hydrogens is 334 g/mol. The van der Waals surface area contributed by atoms with Crippen molar-refractivity contribution in [1.29, 1.82) is 0 Å². The molecule has 24 heavy (non-hydrogen) atoms. The molecule has 1 amide bonds. The molecule has 0 saturated heterocycles. The number of hydrogen-bond donors (Lipinski definition) is 3. The first-order valence-electron chi connectivity index (χ1n) is 6.93. The lowest BCUT2D eigenvalue weighted by Gasteiger charge is -2.06. The van der Waals surface area contributed by atoms with E-state index >= 15 is 0 Å². The number of phenols is 1. The summed E-state index contributed by atoms with van der Waals surface area (Å²) < 4.78 is 5.56. The zero-order valence-corrected chi connectivity index (χ0v) is 13.2. The number of anilines is 1. The topological polar surface area (TPSA) is 99.8 Å². The van der Waals surface area contributed by atoms with Gasteiger partial charge >= 0.3 is 5.97 Å². The quantitative estimate of drug-likeness (QED) is 0.665. The highest BCUT2D eigenvalue weighted by atomic mass is 35.5. The highest BCUT2D eigenvalue weighted by Gasteiger charge is 2.19. The van der Waals surface area contributed by atoms with Gasteiger partial charge in [-0.05, 0) is 25.1 Å². The maximum atomic E-state index is 12.4. The van der Waals surface area contributed by atoms with Crippen molar-refractivity contribution in [1.82, 2.24) is 0 Å². The van der Waals surface area contributed by atoms with Crippen molar-refractivity contribution in [3.63, 3.8) is 0 Å². The third-order valence-corrected chi connectivity index (χ3v) is 3.91. The number of furan rings is 1. The maximum absolute atomic E-state index is 12.4. The molecular formula is C17H12ClNO5. The number of carboxylic acid groups (broad SMARTS) is 1. The molecule has 0 fully saturated rings. The van der Waals surface area contributed by atoms with Crippen LogP contribution >= 0.6 is 11.6 Å². The lowest BCUT2D eigenvalue weighted by molar-refractivity contribution is 0.0693. The van der Waals surface area contributed by atoms with Crippen LogP contribution in [0, 0.1) is 6.92 Å². The summed E-state index contributed by atoms with van der Waals surface area (Å²) in [5.41, 5.74) is 1.05. The van der Waals surface area contributed by atoms with Crippen LogP contribution < -0.4 is 5.32 Å². The van der Waals surface area contributed by atoms with E-state index in [0.717, 1.165) is 11.5 Å². The number of aromatic carboxylic acids is 1. The second-order valence-corrected chi connectivity index (χ2v) is 5.57. The first kappa shape index (κ1) is 15.9. The van der Waals surface area contributed by atoms with E-state index in [0.29, 0.717) is 16.2 Å². The lowest BCUT2D eigenvalue weighted by Crippen LogP contribution is -2.12. The normalized spacial score (nSPS) is 10.8. The van der Waals surface area contributed by atoms with Gasteiger partial charge in [0.25, 0.3) is 5.91 Å². The van der Waals surface area contributed by atoms with Gasteiger partial charge in [0.1, 0.15) is 11.3 Å². The van der Waals surface area contributed by atoms with Crippen molar-refractivity contribution in [2.24, 2.45) is 0 Å². The monoisotopic (exact) mass is 345 g/mol. The van der Waals surface area contributed by atoms with Gasteiger partial charge in [-0.2, -0.15) is 0 Å².